The van der Waals surface area contributed by atoms with Gasteiger partial charge in [-0.3, -0.25) is 0 Å². The van der Waals surface area contributed by atoms with Gasteiger partial charge in [0.15, 0.2) is 0 Å². The van der Waals surface area contributed by atoms with Gasteiger partial charge in [-0.2, -0.15) is 11.8 Å². The Morgan fingerprint density at radius 2 is 1.71 bits per heavy atom. The van der Waals surface area contributed by atoms with Crippen LogP contribution in [0.5, 0.6) is 0 Å². The number of nitrogens with one attached hydrogen (secondary N) is 1. The molecule has 0 aromatic carbocycles. The zero-order chi connectivity index (χ0) is 11.2. The summed E-state index contributed by atoms with van der Waals surface area (Å²) >= 11 is 2.08. The van der Waals surface area contributed by atoms with Gasteiger partial charge in [-0.15, -0.1) is 0 Å². The lowest BCUT2D eigenvalue weighted by atomic mass is 10.1. The molecular weight excluding hydrogens is 190 g/mol. The summed E-state index contributed by atoms with van der Waals surface area (Å²) in [5.74, 6) is 2.13. The fraction of sp³-hybridized carbons (Fsp3) is 1.00. The smallest absolute Gasteiger partial charge is 0.0144 e. The molecule has 0 saturated heterocycles. The Kier molecular flexibility index (Phi) is 6.88. The molecule has 1 atom stereocenters. The maximum absolute atomic E-state index is 3.54. The van der Waals surface area contributed by atoms with E-state index in [1.807, 2.05) is 0 Å². The summed E-state index contributed by atoms with van der Waals surface area (Å²) in [7, 11) is 0. The van der Waals surface area contributed by atoms with Gasteiger partial charge in [0.25, 0.3) is 0 Å². The third kappa shape index (κ3) is 10.4. The maximum Gasteiger partial charge on any atom is 0.0144 e. The van der Waals surface area contributed by atoms with Crippen LogP contribution in [0, 0.1) is 5.92 Å². The Bertz CT molecular complexity index is 138. The summed E-state index contributed by atoms with van der Waals surface area (Å²) in [5.41, 5.74) is 0.257. The average Bonchev–Trinajstić information content (AvgIpc) is 1.99. The molecule has 0 amide bonds. The molecule has 0 aliphatic heterocycles. The van der Waals surface area contributed by atoms with Gasteiger partial charge in [-0.05, 0) is 38.9 Å². The molecule has 0 aliphatic carbocycles. The van der Waals surface area contributed by atoms with Gasteiger partial charge < -0.3 is 5.32 Å². The summed E-state index contributed by atoms with van der Waals surface area (Å²) in [5, 5.41) is 4.27. The van der Waals surface area contributed by atoms with Crippen LogP contribution in [0.25, 0.3) is 0 Å². The number of hydrogen-bond donors (Lipinski definition) is 1. The molecule has 1 unspecified atom stereocenters. The van der Waals surface area contributed by atoms with Crippen molar-refractivity contribution in [3.05, 3.63) is 0 Å². The molecule has 86 valence electrons. The van der Waals surface area contributed by atoms with Crippen LogP contribution in [-0.4, -0.2) is 23.1 Å². The molecule has 0 aromatic rings. The highest BCUT2D eigenvalue weighted by atomic mass is 32.2. The first kappa shape index (κ1) is 14.3. The predicted octanol–water partition coefficient (Wildman–Crippen LogP) is 3.54. The van der Waals surface area contributed by atoms with Gasteiger partial charge in [0.2, 0.25) is 0 Å². The molecule has 0 radical (unpaired) electrons. The van der Waals surface area contributed by atoms with Gasteiger partial charge in [0.05, 0.1) is 0 Å². The highest BCUT2D eigenvalue weighted by Crippen LogP contribution is 2.14. The van der Waals surface area contributed by atoms with Crippen LogP contribution < -0.4 is 5.32 Å². The van der Waals surface area contributed by atoms with Crippen LogP contribution in [0.15, 0.2) is 0 Å². The van der Waals surface area contributed by atoms with Crippen LogP contribution in [-0.2, 0) is 0 Å². The molecule has 0 aromatic heterocycles. The molecule has 0 fully saturated rings. The topological polar surface area (TPSA) is 12.0 Å². The van der Waals surface area contributed by atoms with Crippen molar-refractivity contribution in [2.45, 2.75) is 58.8 Å². The van der Waals surface area contributed by atoms with Crippen LogP contribution >= 0.6 is 11.8 Å². The van der Waals surface area contributed by atoms with Gasteiger partial charge in [0.1, 0.15) is 0 Å². The maximum atomic E-state index is 3.54. The summed E-state index contributed by atoms with van der Waals surface area (Å²) < 4.78 is 0. The summed E-state index contributed by atoms with van der Waals surface area (Å²) in [6.45, 7) is 14.7. The van der Waals surface area contributed by atoms with E-state index in [0.29, 0.717) is 0 Å². The summed E-state index contributed by atoms with van der Waals surface area (Å²) in [4.78, 5) is 0. The number of hydrogen-bond acceptors (Lipinski definition) is 2. The van der Waals surface area contributed by atoms with E-state index in [1.165, 1.54) is 12.2 Å². The molecule has 14 heavy (non-hydrogen) atoms. The van der Waals surface area contributed by atoms with Crippen molar-refractivity contribution in [3.63, 3.8) is 0 Å². The third-order valence-electron chi connectivity index (χ3n) is 2.02. The highest BCUT2D eigenvalue weighted by molar-refractivity contribution is 7.99. The Labute approximate surface area is 94.4 Å². The van der Waals surface area contributed by atoms with E-state index < -0.39 is 0 Å². The van der Waals surface area contributed by atoms with E-state index in [4.69, 9.17) is 0 Å². The van der Waals surface area contributed by atoms with E-state index in [1.54, 1.807) is 0 Å². The monoisotopic (exact) mass is 217 g/mol. The van der Waals surface area contributed by atoms with Crippen molar-refractivity contribution in [1.82, 2.24) is 5.32 Å². The Hall–Kier alpha value is 0.310. The first-order chi connectivity index (χ1) is 6.31. The Balaban J connectivity index is 3.42. The van der Waals surface area contributed by atoms with Gasteiger partial charge in [0, 0.05) is 17.3 Å². The molecule has 0 aliphatic rings. The van der Waals surface area contributed by atoms with Crippen molar-refractivity contribution < 1.29 is 0 Å². The van der Waals surface area contributed by atoms with Crippen LogP contribution in [0.3, 0.4) is 0 Å². The fourth-order valence-electron chi connectivity index (χ4n) is 1.01. The van der Waals surface area contributed by atoms with Gasteiger partial charge in [-0.25, -0.2) is 0 Å². The predicted molar refractivity (Wildman–Crippen MR) is 69.1 cm³/mol. The minimum absolute atomic E-state index is 0.257. The van der Waals surface area contributed by atoms with E-state index in [2.05, 4.69) is 58.6 Å². The minimum atomic E-state index is 0.257. The second-order valence-corrected chi connectivity index (χ2v) is 7.04. The van der Waals surface area contributed by atoms with Crippen molar-refractivity contribution in [1.29, 1.82) is 0 Å². The second-order valence-electron chi connectivity index (χ2n) is 5.49. The largest absolute Gasteiger partial charge is 0.311 e. The molecule has 2 heteroatoms. The molecular formula is C12H27NS. The minimum Gasteiger partial charge on any atom is -0.311 e. The normalized spacial score (nSPS) is 14.8. The molecule has 1 nitrogen and oxygen atoms in total. The number of rotatable bonds is 6. The quantitative estimate of drug-likeness (QED) is 0.730. The summed E-state index contributed by atoms with van der Waals surface area (Å²) in [6, 6.07) is 0. The Morgan fingerprint density at radius 3 is 2.14 bits per heavy atom. The van der Waals surface area contributed by atoms with E-state index in [0.717, 1.165) is 17.7 Å². The molecule has 0 saturated carbocycles. The molecule has 0 heterocycles. The number of thioether (sulfide) groups is 1. The zero-order valence-corrected chi connectivity index (χ0v) is 11.5. The van der Waals surface area contributed by atoms with Crippen molar-refractivity contribution in [2.75, 3.05) is 12.3 Å². The van der Waals surface area contributed by atoms with Crippen LogP contribution in [0.2, 0.25) is 0 Å². The Morgan fingerprint density at radius 1 is 1.14 bits per heavy atom. The SMILES string of the molecule is CC(C)CCSC(C)CNC(C)(C)C. The molecule has 1 N–H and O–H groups in total. The third-order valence-corrected chi connectivity index (χ3v) is 3.22. The lowest BCUT2D eigenvalue weighted by Gasteiger charge is -2.23. The van der Waals surface area contributed by atoms with Crippen LogP contribution in [0.4, 0.5) is 0 Å². The zero-order valence-electron chi connectivity index (χ0n) is 10.7. The first-order valence-corrected chi connectivity index (χ1v) is 6.73. The van der Waals surface area contributed by atoms with Crippen molar-refractivity contribution in [2.24, 2.45) is 5.92 Å². The van der Waals surface area contributed by atoms with Crippen LogP contribution in [0.1, 0.15) is 48.0 Å². The van der Waals surface area contributed by atoms with Crippen molar-refractivity contribution in [3.8, 4) is 0 Å². The van der Waals surface area contributed by atoms with Crippen molar-refractivity contribution >= 4 is 11.8 Å². The van der Waals surface area contributed by atoms with Gasteiger partial charge >= 0.3 is 0 Å². The average molecular weight is 217 g/mol. The van der Waals surface area contributed by atoms with Gasteiger partial charge in [-0.1, -0.05) is 20.8 Å². The first-order valence-electron chi connectivity index (χ1n) is 5.68. The second kappa shape index (κ2) is 6.73. The van der Waals surface area contributed by atoms with E-state index in [9.17, 15) is 0 Å². The fourth-order valence-corrected chi connectivity index (χ4v) is 2.22. The highest BCUT2D eigenvalue weighted by Gasteiger charge is 2.11. The standard InChI is InChI=1S/C12H27NS/c1-10(2)7-8-14-11(3)9-13-12(4,5)6/h10-11,13H,7-9H2,1-6H3. The van der Waals surface area contributed by atoms with E-state index in [-0.39, 0.29) is 5.54 Å². The van der Waals surface area contributed by atoms with E-state index >= 15 is 0 Å². The lowest BCUT2D eigenvalue weighted by molar-refractivity contribution is 0.429. The molecule has 0 spiro atoms. The molecule has 0 rings (SSSR count). The lowest BCUT2D eigenvalue weighted by Crippen LogP contribution is -2.39. The summed E-state index contributed by atoms with van der Waals surface area (Å²) in [6.07, 6.45) is 1.34. The molecule has 0 bridgehead atoms.